The Morgan fingerprint density at radius 3 is 2.88 bits per heavy atom. The average molecular weight is 220 g/mol. The smallest absolute Gasteiger partial charge is 0.310 e. The first kappa shape index (κ1) is 11.4. The predicted molar refractivity (Wildman–Crippen MR) is 63.8 cm³/mol. The zero-order chi connectivity index (χ0) is 11.7. The molecule has 2 nitrogen and oxygen atoms in total. The molecule has 2 aliphatic rings. The van der Waals surface area contributed by atoms with Gasteiger partial charge in [0.25, 0.3) is 0 Å². The number of carbonyl (C=O) groups is 1. The molecule has 0 radical (unpaired) electrons. The molecule has 88 valence electrons. The summed E-state index contributed by atoms with van der Waals surface area (Å²) in [5.41, 5.74) is 1.33. The molecule has 0 spiro atoms. The molecule has 4 atom stereocenters. The van der Waals surface area contributed by atoms with E-state index in [1.54, 1.807) is 0 Å². The van der Waals surface area contributed by atoms with Gasteiger partial charge >= 0.3 is 5.97 Å². The highest BCUT2D eigenvalue weighted by atomic mass is 16.6. The van der Waals surface area contributed by atoms with Gasteiger partial charge in [-0.1, -0.05) is 30.7 Å². The minimum Gasteiger partial charge on any atom is -0.461 e. The van der Waals surface area contributed by atoms with Gasteiger partial charge in [-0.15, -0.1) is 0 Å². The second-order valence-corrected chi connectivity index (χ2v) is 5.18. The number of hydrogen-bond donors (Lipinski definition) is 0. The maximum Gasteiger partial charge on any atom is 0.310 e. The van der Waals surface area contributed by atoms with Crippen LogP contribution in [0.15, 0.2) is 23.8 Å². The Bertz CT molecular complexity index is 337. The lowest BCUT2D eigenvalue weighted by atomic mass is 9.87. The molecule has 0 saturated carbocycles. The van der Waals surface area contributed by atoms with Gasteiger partial charge in [0, 0.05) is 5.92 Å². The Morgan fingerprint density at radius 2 is 2.19 bits per heavy atom. The number of allylic oxidation sites excluding steroid dienone is 3. The van der Waals surface area contributed by atoms with Crippen LogP contribution in [0.4, 0.5) is 0 Å². The SMILES string of the molecule is CC(C)=CCC[C@H]1OC(=O)[C@@H]2[C@H]1C=C[C@H]2C. The third-order valence-electron chi connectivity index (χ3n) is 3.59. The lowest BCUT2D eigenvalue weighted by Crippen LogP contribution is -2.18. The van der Waals surface area contributed by atoms with Crippen molar-refractivity contribution in [2.45, 2.75) is 39.7 Å². The van der Waals surface area contributed by atoms with Gasteiger partial charge in [-0.3, -0.25) is 4.79 Å². The van der Waals surface area contributed by atoms with Gasteiger partial charge in [0.05, 0.1) is 5.92 Å². The first-order chi connectivity index (χ1) is 7.59. The zero-order valence-electron chi connectivity index (χ0n) is 10.3. The predicted octanol–water partition coefficient (Wildman–Crippen LogP) is 3.10. The molecule has 0 N–H and O–H groups in total. The van der Waals surface area contributed by atoms with Crippen molar-refractivity contribution in [3.05, 3.63) is 23.8 Å². The molecule has 2 rings (SSSR count). The molecule has 0 amide bonds. The number of ether oxygens (including phenoxy) is 1. The highest BCUT2D eigenvalue weighted by Crippen LogP contribution is 2.41. The molecule has 1 saturated heterocycles. The van der Waals surface area contributed by atoms with E-state index in [1.165, 1.54) is 5.57 Å². The van der Waals surface area contributed by atoms with Crippen LogP contribution in [-0.4, -0.2) is 12.1 Å². The molecular formula is C14H20O2. The van der Waals surface area contributed by atoms with Crippen LogP contribution in [0.5, 0.6) is 0 Å². The summed E-state index contributed by atoms with van der Waals surface area (Å²) in [7, 11) is 0. The molecule has 1 heterocycles. The number of carbonyl (C=O) groups excluding carboxylic acids is 1. The molecule has 2 heteroatoms. The van der Waals surface area contributed by atoms with Crippen LogP contribution < -0.4 is 0 Å². The third-order valence-corrected chi connectivity index (χ3v) is 3.59. The van der Waals surface area contributed by atoms with Crippen molar-refractivity contribution >= 4 is 5.97 Å². The molecule has 0 aromatic carbocycles. The van der Waals surface area contributed by atoms with E-state index < -0.39 is 0 Å². The fraction of sp³-hybridized carbons (Fsp3) is 0.643. The Balaban J connectivity index is 1.95. The topological polar surface area (TPSA) is 26.3 Å². The molecule has 16 heavy (non-hydrogen) atoms. The van der Waals surface area contributed by atoms with Gasteiger partial charge in [-0.05, 0) is 32.6 Å². The van der Waals surface area contributed by atoms with E-state index in [0.717, 1.165) is 12.8 Å². The summed E-state index contributed by atoms with van der Waals surface area (Å²) < 4.78 is 5.46. The third kappa shape index (κ3) is 2.06. The molecule has 1 fully saturated rings. The monoisotopic (exact) mass is 220 g/mol. The summed E-state index contributed by atoms with van der Waals surface area (Å²) in [6, 6.07) is 0. The van der Waals surface area contributed by atoms with Gasteiger partial charge in [-0.2, -0.15) is 0 Å². The number of fused-ring (bicyclic) bond motifs is 1. The summed E-state index contributed by atoms with van der Waals surface area (Å²) in [6.45, 7) is 6.29. The highest BCUT2D eigenvalue weighted by molar-refractivity contribution is 5.77. The quantitative estimate of drug-likeness (QED) is 0.539. The Kier molecular flexibility index (Phi) is 3.17. The van der Waals surface area contributed by atoms with Crippen LogP contribution in [0, 0.1) is 17.8 Å². The second kappa shape index (κ2) is 4.44. The van der Waals surface area contributed by atoms with E-state index in [1.807, 2.05) is 0 Å². The minimum absolute atomic E-state index is 0.00435. The summed E-state index contributed by atoms with van der Waals surface area (Å²) in [5, 5.41) is 0. The van der Waals surface area contributed by atoms with Crippen molar-refractivity contribution in [2.24, 2.45) is 17.8 Å². The minimum atomic E-state index is 0.00435. The largest absolute Gasteiger partial charge is 0.461 e. The van der Waals surface area contributed by atoms with Crippen molar-refractivity contribution in [3.8, 4) is 0 Å². The van der Waals surface area contributed by atoms with E-state index >= 15 is 0 Å². The standard InChI is InChI=1S/C14H20O2/c1-9(2)5-4-6-12-11-8-7-10(3)13(11)14(15)16-12/h5,7-8,10-13H,4,6H2,1-3H3/t10-,11+,12-,13+/m1/s1. The summed E-state index contributed by atoms with van der Waals surface area (Å²) in [5.74, 6) is 0.778. The first-order valence-corrected chi connectivity index (χ1v) is 6.12. The van der Waals surface area contributed by atoms with E-state index in [9.17, 15) is 4.79 Å². The molecule has 1 aliphatic heterocycles. The second-order valence-electron chi connectivity index (χ2n) is 5.18. The van der Waals surface area contributed by atoms with Crippen molar-refractivity contribution in [3.63, 3.8) is 0 Å². The van der Waals surface area contributed by atoms with Crippen LogP contribution in [0.25, 0.3) is 0 Å². The average Bonchev–Trinajstić information content (AvgIpc) is 2.70. The van der Waals surface area contributed by atoms with Crippen LogP contribution in [0.2, 0.25) is 0 Å². The number of esters is 1. The Hall–Kier alpha value is -1.05. The van der Waals surface area contributed by atoms with Crippen molar-refractivity contribution in [1.82, 2.24) is 0 Å². The fourth-order valence-electron chi connectivity index (χ4n) is 2.71. The number of cyclic esters (lactones) is 1. The van der Waals surface area contributed by atoms with Gasteiger partial charge < -0.3 is 4.74 Å². The molecular weight excluding hydrogens is 200 g/mol. The lowest BCUT2D eigenvalue weighted by molar-refractivity contribution is -0.145. The number of hydrogen-bond acceptors (Lipinski definition) is 2. The Labute approximate surface area is 97.4 Å². The molecule has 0 aromatic heterocycles. The van der Waals surface area contributed by atoms with Gasteiger partial charge in [-0.25, -0.2) is 0 Å². The van der Waals surface area contributed by atoms with E-state index in [4.69, 9.17) is 4.74 Å². The van der Waals surface area contributed by atoms with Crippen molar-refractivity contribution in [2.75, 3.05) is 0 Å². The molecule has 0 bridgehead atoms. The van der Waals surface area contributed by atoms with E-state index in [-0.39, 0.29) is 18.0 Å². The lowest BCUT2D eigenvalue weighted by Gasteiger charge is -2.13. The zero-order valence-corrected chi connectivity index (χ0v) is 10.3. The van der Waals surface area contributed by atoms with Crippen LogP contribution in [-0.2, 0) is 9.53 Å². The number of rotatable bonds is 3. The maximum atomic E-state index is 11.7. The fourth-order valence-corrected chi connectivity index (χ4v) is 2.71. The molecule has 0 unspecified atom stereocenters. The summed E-state index contributed by atoms with van der Waals surface area (Å²) >= 11 is 0. The van der Waals surface area contributed by atoms with Crippen LogP contribution >= 0.6 is 0 Å². The van der Waals surface area contributed by atoms with Gasteiger partial charge in [0.15, 0.2) is 0 Å². The van der Waals surface area contributed by atoms with Crippen molar-refractivity contribution < 1.29 is 9.53 Å². The van der Waals surface area contributed by atoms with Gasteiger partial charge in [0.2, 0.25) is 0 Å². The van der Waals surface area contributed by atoms with E-state index in [2.05, 4.69) is 39.0 Å². The maximum absolute atomic E-state index is 11.7. The first-order valence-electron chi connectivity index (χ1n) is 6.12. The normalized spacial score (nSPS) is 36.1. The van der Waals surface area contributed by atoms with Crippen molar-refractivity contribution in [1.29, 1.82) is 0 Å². The highest BCUT2D eigenvalue weighted by Gasteiger charge is 2.47. The van der Waals surface area contributed by atoms with E-state index in [0.29, 0.717) is 11.8 Å². The van der Waals surface area contributed by atoms with Crippen LogP contribution in [0.1, 0.15) is 33.6 Å². The van der Waals surface area contributed by atoms with Gasteiger partial charge in [0.1, 0.15) is 6.10 Å². The summed E-state index contributed by atoms with van der Waals surface area (Å²) in [6.07, 6.45) is 8.61. The van der Waals surface area contributed by atoms with Crippen LogP contribution in [0.3, 0.4) is 0 Å². The molecule has 1 aliphatic carbocycles. The Morgan fingerprint density at radius 1 is 1.44 bits per heavy atom. The summed E-state index contributed by atoms with van der Waals surface area (Å²) in [4.78, 5) is 11.7. The molecule has 0 aromatic rings.